The lowest BCUT2D eigenvalue weighted by molar-refractivity contribution is 0.572. The average molecular weight is 427 g/mol. The lowest BCUT2D eigenvalue weighted by atomic mass is 10.0. The van der Waals surface area contributed by atoms with Gasteiger partial charge in [0.25, 0.3) is 0 Å². The Kier molecular flexibility index (Phi) is 8.65. The maximum Gasteiger partial charge on any atom is 0.142 e. The quantitative estimate of drug-likeness (QED) is 0.284. The number of halogens is 2. The molecule has 0 radical (unpaired) electrons. The van der Waals surface area contributed by atoms with Crippen LogP contribution in [-0.2, 0) is 12.8 Å². The molecule has 0 unspecified atom stereocenters. The molecule has 2 heteroatoms. The molecule has 0 bridgehead atoms. The summed E-state index contributed by atoms with van der Waals surface area (Å²) in [5.74, 6) is 10.6. The van der Waals surface area contributed by atoms with Gasteiger partial charge in [0.1, 0.15) is 11.6 Å². The van der Waals surface area contributed by atoms with E-state index < -0.39 is 11.6 Å². The van der Waals surface area contributed by atoms with Crippen LogP contribution in [0.25, 0.3) is 0 Å². The SMILES string of the molecule is CCCCCc1cc(F)c(C#Cc2ccc(C#Cc3ccc(CCC)cc3)cc2)c(F)c1. The molecular weight excluding hydrogens is 398 g/mol. The van der Waals surface area contributed by atoms with E-state index in [0.717, 1.165) is 43.2 Å². The van der Waals surface area contributed by atoms with Crippen molar-refractivity contribution in [3.8, 4) is 23.7 Å². The van der Waals surface area contributed by atoms with Crippen LogP contribution in [0.5, 0.6) is 0 Å². The second-order valence-corrected chi connectivity index (χ2v) is 7.92. The third-order valence-corrected chi connectivity index (χ3v) is 5.23. The molecule has 0 spiro atoms. The van der Waals surface area contributed by atoms with Gasteiger partial charge in [-0.3, -0.25) is 0 Å². The molecule has 0 amide bonds. The fraction of sp³-hybridized carbons (Fsp3) is 0.267. The topological polar surface area (TPSA) is 0 Å². The molecule has 0 fully saturated rings. The van der Waals surface area contributed by atoms with Crippen molar-refractivity contribution in [2.75, 3.05) is 0 Å². The summed E-state index contributed by atoms with van der Waals surface area (Å²) in [4.78, 5) is 0. The summed E-state index contributed by atoms with van der Waals surface area (Å²) in [5.41, 5.74) is 4.34. The molecule has 0 saturated carbocycles. The van der Waals surface area contributed by atoms with Gasteiger partial charge in [0.15, 0.2) is 0 Å². The summed E-state index contributed by atoms with van der Waals surface area (Å²) >= 11 is 0. The lowest BCUT2D eigenvalue weighted by Gasteiger charge is -2.04. The van der Waals surface area contributed by atoms with Gasteiger partial charge in [0, 0.05) is 16.7 Å². The minimum Gasteiger partial charge on any atom is -0.206 e. The zero-order valence-corrected chi connectivity index (χ0v) is 18.8. The van der Waals surface area contributed by atoms with Gasteiger partial charge < -0.3 is 0 Å². The Bertz CT molecular complexity index is 1120. The van der Waals surface area contributed by atoms with E-state index in [1.54, 1.807) is 0 Å². The molecule has 3 rings (SSSR count). The van der Waals surface area contributed by atoms with Gasteiger partial charge in [-0.2, -0.15) is 0 Å². The first-order chi connectivity index (χ1) is 15.6. The van der Waals surface area contributed by atoms with Gasteiger partial charge in [-0.1, -0.05) is 68.9 Å². The highest BCUT2D eigenvalue weighted by molar-refractivity contribution is 5.49. The molecule has 0 atom stereocenters. The molecule has 162 valence electrons. The summed E-state index contributed by atoms with van der Waals surface area (Å²) in [6.45, 7) is 4.27. The maximum absolute atomic E-state index is 14.4. The Balaban J connectivity index is 1.68. The van der Waals surface area contributed by atoms with E-state index in [2.05, 4.69) is 49.7 Å². The van der Waals surface area contributed by atoms with E-state index in [0.29, 0.717) is 17.5 Å². The highest BCUT2D eigenvalue weighted by atomic mass is 19.1. The Morgan fingerprint density at radius 3 is 1.56 bits per heavy atom. The van der Waals surface area contributed by atoms with Gasteiger partial charge in [-0.05, 0) is 78.9 Å². The number of aryl methyl sites for hydroxylation is 2. The van der Waals surface area contributed by atoms with Crippen molar-refractivity contribution < 1.29 is 8.78 Å². The molecule has 0 aliphatic carbocycles. The summed E-state index contributed by atoms with van der Waals surface area (Å²) in [5, 5.41) is 0. The Labute approximate surface area is 190 Å². The Morgan fingerprint density at radius 1 is 0.562 bits per heavy atom. The molecule has 0 heterocycles. The van der Waals surface area contributed by atoms with E-state index in [4.69, 9.17) is 0 Å². The van der Waals surface area contributed by atoms with E-state index in [1.807, 2.05) is 36.4 Å². The van der Waals surface area contributed by atoms with Gasteiger partial charge in [-0.25, -0.2) is 8.78 Å². The fourth-order valence-corrected chi connectivity index (χ4v) is 3.43. The summed E-state index contributed by atoms with van der Waals surface area (Å²) < 4.78 is 28.7. The second-order valence-electron chi connectivity index (χ2n) is 7.92. The predicted molar refractivity (Wildman–Crippen MR) is 128 cm³/mol. The molecule has 32 heavy (non-hydrogen) atoms. The van der Waals surface area contributed by atoms with Gasteiger partial charge in [0.2, 0.25) is 0 Å². The Morgan fingerprint density at radius 2 is 1.06 bits per heavy atom. The fourth-order valence-electron chi connectivity index (χ4n) is 3.43. The van der Waals surface area contributed by atoms with Crippen molar-refractivity contribution in [2.24, 2.45) is 0 Å². The summed E-state index contributed by atoms with van der Waals surface area (Å²) in [6.07, 6.45) is 5.94. The van der Waals surface area contributed by atoms with Crippen LogP contribution in [0.3, 0.4) is 0 Å². The van der Waals surface area contributed by atoms with Crippen LogP contribution in [-0.4, -0.2) is 0 Å². The van der Waals surface area contributed by atoms with Crippen molar-refractivity contribution in [1.82, 2.24) is 0 Å². The molecule has 0 aromatic heterocycles. The van der Waals surface area contributed by atoms with E-state index in [1.165, 1.54) is 17.7 Å². The van der Waals surface area contributed by atoms with Crippen LogP contribution in [0.4, 0.5) is 8.78 Å². The number of hydrogen-bond acceptors (Lipinski definition) is 0. The standard InChI is InChI=1S/C30H28F2/c1-3-5-6-8-27-21-29(31)28(30(32)22-27)20-19-26-17-15-25(16-18-26)14-13-24-11-9-23(7-4-2)10-12-24/h9-12,15-18,21-22H,3-8H2,1-2H3. The minimum absolute atomic E-state index is 0.181. The van der Waals surface area contributed by atoms with Gasteiger partial charge >= 0.3 is 0 Å². The predicted octanol–water partition coefficient (Wildman–Crippen LogP) is 7.45. The zero-order valence-electron chi connectivity index (χ0n) is 18.8. The zero-order chi connectivity index (χ0) is 22.8. The van der Waals surface area contributed by atoms with E-state index in [9.17, 15) is 8.78 Å². The van der Waals surface area contributed by atoms with Crippen LogP contribution >= 0.6 is 0 Å². The van der Waals surface area contributed by atoms with E-state index >= 15 is 0 Å². The van der Waals surface area contributed by atoms with Gasteiger partial charge in [-0.15, -0.1) is 0 Å². The van der Waals surface area contributed by atoms with Crippen LogP contribution in [0.2, 0.25) is 0 Å². The third kappa shape index (κ3) is 6.83. The van der Waals surface area contributed by atoms with Crippen molar-refractivity contribution in [3.05, 3.63) is 106 Å². The Hall–Kier alpha value is -3.36. The van der Waals surface area contributed by atoms with Crippen LogP contribution in [0, 0.1) is 35.3 Å². The summed E-state index contributed by atoms with van der Waals surface area (Å²) in [7, 11) is 0. The average Bonchev–Trinajstić information content (AvgIpc) is 2.79. The first-order valence-electron chi connectivity index (χ1n) is 11.3. The lowest BCUT2D eigenvalue weighted by Crippen LogP contribution is -1.95. The molecule has 3 aromatic carbocycles. The van der Waals surface area contributed by atoms with Crippen molar-refractivity contribution in [1.29, 1.82) is 0 Å². The van der Waals surface area contributed by atoms with E-state index in [-0.39, 0.29) is 5.56 Å². The molecule has 0 N–H and O–H groups in total. The number of benzene rings is 3. The van der Waals surface area contributed by atoms with Gasteiger partial charge in [0.05, 0.1) is 5.56 Å². The number of unbranched alkanes of at least 4 members (excludes halogenated alkanes) is 2. The van der Waals surface area contributed by atoms with Crippen LogP contribution in [0.1, 0.15) is 72.9 Å². The van der Waals surface area contributed by atoms with Crippen molar-refractivity contribution in [2.45, 2.75) is 52.4 Å². The number of hydrogen-bond donors (Lipinski definition) is 0. The normalized spacial score (nSPS) is 10.1. The molecule has 0 aliphatic heterocycles. The molecular formula is C30H28F2. The smallest absolute Gasteiger partial charge is 0.142 e. The largest absolute Gasteiger partial charge is 0.206 e. The second kappa shape index (κ2) is 11.9. The third-order valence-electron chi connectivity index (χ3n) is 5.23. The minimum atomic E-state index is -0.601. The number of rotatable bonds is 6. The molecule has 0 aliphatic rings. The highest BCUT2D eigenvalue weighted by Crippen LogP contribution is 2.17. The summed E-state index contributed by atoms with van der Waals surface area (Å²) in [6, 6.07) is 18.5. The molecule has 3 aromatic rings. The van der Waals surface area contributed by atoms with Crippen molar-refractivity contribution >= 4 is 0 Å². The van der Waals surface area contributed by atoms with Crippen LogP contribution in [0.15, 0.2) is 60.7 Å². The first-order valence-corrected chi connectivity index (χ1v) is 11.3. The maximum atomic E-state index is 14.4. The first kappa shape index (κ1) is 23.3. The molecule has 0 nitrogen and oxygen atoms in total. The van der Waals surface area contributed by atoms with Crippen LogP contribution < -0.4 is 0 Å². The highest BCUT2D eigenvalue weighted by Gasteiger charge is 2.09. The molecule has 0 saturated heterocycles. The monoisotopic (exact) mass is 426 g/mol. The van der Waals surface area contributed by atoms with Crippen molar-refractivity contribution in [3.63, 3.8) is 0 Å².